The zero-order valence-corrected chi connectivity index (χ0v) is 10.9. The van der Waals surface area contributed by atoms with Crippen LogP contribution >= 0.6 is 11.8 Å². The average Bonchev–Trinajstić information content (AvgIpc) is 2.08. The van der Waals surface area contributed by atoms with E-state index in [0.29, 0.717) is 5.41 Å². The minimum absolute atomic E-state index is 0.455. The van der Waals surface area contributed by atoms with Crippen molar-refractivity contribution in [2.45, 2.75) is 27.2 Å². The molecule has 0 atom stereocenters. The number of methoxy groups -OCH3 is 1. The van der Waals surface area contributed by atoms with Gasteiger partial charge in [0.15, 0.2) is 0 Å². The van der Waals surface area contributed by atoms with Crippen LogP contribution in [0.4, 0.5) is 0 Å². The fraction of sp³-hybridized carbons (Fsp3) is 1.00. The van der Waals surface area contributed by atoms with E-state index in [-0.39, 0.29) is 0 Å². The molecular formula is C11H25NOS. The third-order valence-corrected chi connectivity index (χ3v) is 2.85. The highest BCUT2D eigenvalue weighted by Gasteiger charge is 2.08. The number of rotatable bonds is 8. The van der Waals surface area contributed by atoms with E-state index in [4.69, 9.17) is 4.74 Å². The number of nitrogens with one attached hydrogen (secondary N) is 1. The van der Waals surface area contributed by atoms with Gasteiger partial charge in [0.25, 0.3) is 0 Å². The Morgan fingerprint density at radius 2 is 1.86 bits per heavy atom. The number of thioether (sulfide) groups is 1. The molecule has 0 rings (SSSR count). The van der Waals surface area contributed by atoms with E-state index in [9.17, 15) is 0 Å². The minimum atomic E-state index is 0.455. The van der Waals surface area contributed by atoms with Gasteiger partial charge in [-0.05, 0) is 18.4 Å². The lowest BCUT2D eigenvalue weighted by atomic mass is 9.92. The molecule has 1 N–H and O–H groups in total. The van der Waals surface area contributed by atoms with E-state index in [2.05, 4.69) is 26.1 Å². The Morgan fingerprint density at radius 1 is 1.14 bits per heavy atom. The number of hydrogen-bond donors (Lipinski definition) is 1. The van der Waals surface area contributed by atoms with Gasteiger partial charge in [-0.25, -0.2) is 0 Å². The average molecular weight is 219 g/mol. The Balaban J connectivity index is 2.99. The highest BCUT2D eigenvalue weighted by atomic mass is 32.2. The van der Waals surface area contributed by atoms with Crippen molar-refractivity contribution in [2.75, 3.05) is 38.3 Å². The van der Waals surface area contributed by atoms with E-state index in [1.54, 1.807) is 7.11 Å². The van der Waals surface area contributed by atoms with Gasteiger partial charge in [-0.3, -0.25) is 0 Å². The predicted octanol–water partition coefficient (Wildman–Crippen LogP) is 2.39. The lowest BCUT2D eigenvalue weighted by molar-refractivity contribution is 0.218. The molecule has 0 heterocycles. The molecule has 0 unspecified atom stereocenters. The van der Waals surface area contributed by atoms with Crippen LogP contribution in [0.5, 0.6) is 0 Å². The molecule has 0 aliphatic carbocycles. The van der Waals surface area contributed by atoms with Gasteiger partial charge in [-0.1, -0.05) is 20.8 Å². The van der Waals surface area contributed by atoms with Crippen LogP contribution in [0.1, 0.15) is 27.2 Å². The zero-order chi connectivity index (χ0) is 10.9. The fourth-order valence-corrected chi connectivity index (χ4v) is 1.75. The minimum Gasteiger partial charge on any atom is -0.384 e. The van der Waals surface area contributed by atoms with Crippen LogP contribution < -0.4 is 5.32 Å². The summed E-state index contributed by atoms with van der Waals surface area (Å²) < 4.78 is 4.97. The topological polar surface area (TPSA) is 21.3 Å². The largest absolute Gasteiger partial charge is 0.384 e. The van der Waals surface area contributed by atoms with Gasteiger partial charge in [0.05, 0.1) is 6.61 Å². The second kappa shape index (κ2) is 8.57. The van der Waals surface area contributed by atoms with Crippen LogP contribution in [0.25, 0.3) is 0 Å². The molecule has 0 bridgehead atoms. The summed E-state index contributed by atoms with van der Waals surface area (Å²) in [5, 5.41) is 3.46. The second-order valence-electron chi connectivity index (χ2n) is 4.67. The Kier molecular flexibility index (Phi) is 8.73. The van der Waals surface area contributed by atoms with Gasteiger partial charge >= 0.3 is 0 Å². The van der Waals surface area contributed by atoms with Gasteiger partial charge in [0, 0.05) is 25.2 Å². The molecule has 0 aromatic heterocycles. The molecule has 0 radical (unpaired) electrons. The first-order valence-corrected chi connectivity index (χ1v) is 6.49. The molecule has 0 aromatic rings. The summed E-state index contributed by atoms with van der Waals surface area (Å²) in [5.41, 5.74) is 0.455. The summed E-state index contributed by atoms with van der Waals surface area (Å²) in [7, 11) is 1.75. The highest BCUT2D eigenvalue weighted by Crippen LogP contribution is 2.16. The smallest absolute Gasteiger partial charge is 0.0552 e. The van der Waals surface area contributed by atoms with Gasteiger partial charge in [0.1, 0.15) is 0 Å². The van der Waals surface area contributed by atoms with Crippen LogP contribution in [-0.2, 0) is 4.74 Å². The molecule has 0 saturated carbocycles. The van der Waals surface area contributed by atoms with Gasteiger partial charge in [-0.15, -0.1) is 0 Å². The molecule has 86 valence electrons. The van der Waals surface area contributed by atoms with Gasteiger partial charge < -0.3 is 10.1 Å². The zero-order valence-electron chi connectivity index (χ0n) is 10.1. The van der Waals surface area contributed by atoms with Crippen LogP contribution in [0, 0.1) is 5.41 Å². The van der Waals surface area contributed by atoms with Crippen LogP contribution in [0.3, 0.4) is 0 Å². The van der Waals surface area contributed by atoms with Crippen molar-refractivity contribution in [3.8, 4) is 0 Å². The number of hydrogen-bond acceptors (Lipinski definition) is 3. The Hall–Kier alpha value is 0.270. The SMILES string of the molecule is COCCSCCNCCC(C)(C)C. The Labute approximate surface area is 93.2 Å². The summed E-state index contributed by atoms with van der Waals surface area (Å²) in [6.07, 6.45) is 1.25. The summed E-state index contributed by atoms with van der Waals surface area (Å²) in [6, 6.07) is 0. The maximum absolute atomic E-state index is 4.97. The van der Waals surface area contributed by atoms with Gasteiger partial charge in [0.2, 0.25) is 0 Å². The first-order valence-electron chi connectivity index (χ1n) is 5.33. The molecule has 0 aliphatic rings. The van der Waals surface area contributed by atoms with Crippen LogP contribution in [0.2, 0.25) is 0 Å². The Bertz CT molecular complexity index is 123. The molecule has 0 amide bonds. The van der Waals surface area contributed by atoms with Crippen molar-refractivity contribution in [2.24, 2.45) is 5.41 Å². The molecular weight excluding hydrogens is 194 g/mol. The molecule has 3 heteroatoms. The van der Waals surface area contributed by atoms with E-state index < -0.39 is 0 Å². The molecule has 0 spiro atoms. The van der Waals surface area contributed by atoms with Crippen molar-refractivity contribution in [3.05, 3.63) is 0 Å². The standard InChI is InChI=1S/C11H25NOS/c1-11(2,3)5-6-12-7-9-14-10-8-13-4/h12H,5-10H2,1-4H3. The molecule has 14 heavy (non-hydrogen) atoms. The summed E-state index contributed by atoms with van der Waals surface area (Å²) in [4.78, 5) is 0. The summed E-state index contributed by atoms with van der Waals surface area (Å²) >= 11 is 1.95. The van der Waals surface area contributed by atoms with Crippen LogP contribution in [0.15, 0.2) is 0 Å². The predicted molar refractivity (Wildman–Crippen MR) is 66.1 cm³/mol. The molecule has 0 aromatic carbocycles. The third kappa shape index (κ3) is 12.3. The molecule has 0 saturated heterocycles. The Morgan fingerprint density at radius 3 is 2.43 bits per heavy atom. The first kappa shape index (κ1) is 14.3. The maximum atomic E-state index is 4.97. The van der Waals surface area contributed by atoms with E-state index in [0.717, 1.165) is 25.4 Å². The first-order chi connectivity index (χ1) is 6.56. The summed E-state index contributed by atoms with van der Waals surface area (Å²) in [5.74, 6) is 2.30. The van der Waals surface area contributed by atoms with Crippen molar-refractivity contribution in [1.29, 1.82) is 0 Å². The summed E-state index contributed by atoms with van der Waals surface area (Å²) in [6.45, 7) is 9.96. The molecule has 0 fully saturated rings. The lowest BCUT2D eigenvalue weighted by Gasteiger charge is -2.17. The van der Waals surface area contributed by atoms with Crippen LogP contribution in [-0.4, -0.2) is 38.3 Å². The van der Waals surface area contributed by atoms with Gasteiger partial charge in [-0.2, -0.15) is 11.8 Å². The third-order valence-electron chi connectivity index (χ3n) is 1.91. The molecule has 2 nitrogen and oxygen atoms in total. The normalized spacial score (nSPS) is 12.0. The van der Waals surface area contributed by atoms with E-state index in [1.807, 2.05) is 11.8 Å². The second-order valence-corrected chi connectivity index (χ2v) is 5.89. The van der Waals surface area contributed by atoms with Crippen molar-refractivity contribution >= 4 is 11.8 Å². The van der Waals surface area contributed by atoms with Crippen molar-refractivity contribution in [1.82, 2.24) is 5.32 Å². The van der Waals surface area contributed by atoms with Crippen molar-refractivity contribution in [3.63, 3.8) is 0 Å². The highest BCUT2D eigenvalue weighted by molar-refractivity contribution is 7.99. The quantitative estimate of drug-likeness (QED) is 0.633. The monoisotopic (exact) mass is 219 g/mol. The van der Waals surface area contributed by atoms with E-state index in [1.165, 1.54) is 12.2 Å². The number of ether oxygens (including phenoxy) is 1. The van der Waals surface area contributed by atoms with E-state index >= 15 is 0 Å². The maximum Gasteiger partial charge on any atom is 0.0552 e. The van der Waals surface area contributed by atoms with Crippen molar-refractivity contribution < 1.29 is 4.74 Å². The fourth-order valence-electron chi connectivity index (χ4n) is 0.977. The molecule has 0 aliphatic heterocycles. The lowest BCUT2D eigenvalue weighted by Crippen LogP contribution is -2.22.